The summed E-state index contributed by atoms with van der Waals surface area (Å²) in [5.74, 6) is 0.105. The van der Waals surface area contributed by atoms with E-state index in [9.17, 15) is 19.1 Å². The minimum Gasteiger partial charge on any atom is -0.454 e. The number of hydrogen-bond donors (Lipinski definition) is 2. The van der Waals surface area contributed by atoms with Crippen LogP contribution in [0.25, 0.3) is 0 Å². The Morgan fingerprint density at radius 1 is 1.09 bits per heavy atom. The van der Waals surface area contributed by atoms with Crippen molar-refractivity contribution in [2.45, 2.75) is 39.0 Å². The maximum Gasteiger partial charge on any atom is 0.410 e. The predicted molar refractivity (Wildman–Crippen MR) is 121 cm³/mol. The third kappa shape index (κ3) is 7.35. The highest BCUT2D eigenvalue weighted by atomic mass is 19.1. The van der Waals surface area contributed by atoms with Crippen LogP contribution < -0.4 is 10.1 Å². The molecule has 0 aromatic heterocycles. The van der Waals surface area contributed by atoms with E-state index in [4.69, 9.17) is 9.47 Å². The zero-order valence-electron chi connectivity index (χ0n) is 19.1. The normalized spacial score (nSPS) is 16.7. The van der Waals surface area contributed by atoms with E-state index in [0.717, 1.165) is 5.56 Å². The minimum absolute atomic E-state index is 0.0914. The Morgan fingerprint density at radius 2 is 1.79 bits per heavy atom. The molecule has 1 unspecified atom stereocenters. The number of aliphatic hydroxyl groups is 1. The summed E-state index contributed by atoms with van der Waals surface area (Å²) in [6.07, 6.45) is -1.40. The van der Waals surface area contributed by atoms with E-state index < -0.39 is 23.6 Å². The number of hydrogen-bond acceptors (Lipinski definition) is 5. The molecule has 1 saturated heterocycles. The summed E-state index contributed by atoms with van der Waals surface area (Å²) in [5.41, 5.74) is 0.124. The van der Waals surface area contributed by atoms with Gasteiger partial charge in [0.05, 0.1) is 19.2 Å². The van der Waals surface area contributed by atoms with Gasteiger partial charge in [-0.25, -0.2) is 14.0 Å². The summed E-state index contributed by atoms with van der Waals surface area (Å²) in [6.45, 7) is 6.25. The van der Waals surface area contributed by atoms with Gasteiger partial charge in [-0.1, -0.05) is 24.3 Å². The molecule has 8 nitrogen and oxygen atoms in total. The Morgan fingerprint density at radius 3 is 2.52 bits per heavy atom. The number of para-hydroxylation sites is 1. The molecule has 0 aliphatic carbocycles. The molecule has 1 atom stereocenters. The summed E-state index contributed by atoms with van der Waals surface area (Å²) in [5, 5.41) is 13.1. The number of rotatable bonds is 4. The van der Waals surface area contributed by atoms with Gasteiger partial charge in [0.1, 0.15) is 11.4 Å². The van der Waals surface area contributed by atoms with E-state index in [-0.39, 0.29) is 44.5 Å². The van der Waals surface area contributed by atoms with Crippen molar-refractivity contribution < 1.29 is 28.6 Å². The van der Waals surface area contributed by atoms with Crippen molar-refractivity contribution in [1.82, 2.24) is 15.1 Å². The average Bonchev–Trinajstić information content (AvgIpc) is 2.94. The highest BCUT2D eigenvalue weighted by molar-refractivity contribution is 5.74. The van der Waals surface area contributed by atoms with Crippen molar-refractivity contribution in [3.8, 4) is 11.5 Å². The van der Waals surface area contributed by atoms with Gasteiger partial charge in [-0.3, -0.25) is 0 Å². The number of ether oxygens (including phenoxy) is 2. The number of carbonyl (C=O) groups is 2. The lowest BCUT2D eigenvalue weighted by Crippen LogP contribution is -2.43. The lowest BCUT2D eigenvalue weighted by Gasteiger charge is -2.26. The van der Waals surface area contributed by atoms with Crippen molar-refractivity contribution in [2.75, 3.05) is 26.2 Å². The van der Waals surface area contributed by atoms with Crippen LogP contribution in [-0.2, 0) is 11.3 Å². The largest absolute Gasteiger partial charge is 0.454 e. The van der Waals surface area contributed by atoms with Gasteiger partial charge >= 0.3 is 12.1 Å². The van der Waals surface area contributed by atoms with Gasteiger partial charge in [-0.2, -0.15) is 0 Å². The zero-order chi connectivity index (χ0) is 24.0. The lowest BCUT2D eigenvalue weighted by atomic mass is 10.2. The average molecular weight is 460 g/mol. The smallest absolute Gasteiger partial charge is 0.410 e. The maximum absolute atomic E-state index is 13.8. The molecule has 2 N–H and O–H groups in total. The number of aliphatic hydroxyl groups excluding tert-OH is 1. The molecule has 1 aliphatic rings. The van der Waals surface area contributed by atoms with Crippen LogP contribution >= 0.6 is 0 Å². The second kappa shape index (κ2) is 10.5. The molecular weight excluding hydrogens is 429 g/mol. The minimum atomic E-state index is -0.886. The number of β-amino-alcohol motifs (C(OH)–C–C–N with tert-alkyl or cyclic N) is 1. The Balaban J connectivity index is 1.55. The highest BCUT2D eigenvalue weighted by Crippen LogP contribution is 2.24. The standard InChI is InChI=1S/C24H30FN3O5/c1-24(2,3)33-23(31)28-12-11-27(15-18(29)16-28)22(30)26-14-17-7-6-8-19(13-17)32-21-10-5-4-9-20(21)25/h4-10,13,18,29H,11-12,14-16H2,1-3H3,(H,26,30). The van der Waals surface area contributed by atoms with Crippen molar-refractivity contribution in [3.63, 3.8) is 0 Å². The Labute approximate surface area is 192 Å². The number of carbonyl (C=O) groups excluding carboxylic acids is 2. The molecule has 0 spiro atoms. The number of benzene rings is 2. The second-order valence-corrected chi connectivity index (χ2v) is 8.86. The van der Waals surface area contributed by atoms with Crippen molar-refractivity contribution in [3.05, 3.63) is 59.9 Å². The molecule has 3 amide bonds. The quantitative estimate of drug-likeness (QED) is 0.727. The van der Waals surface area contributed by atoms with E-state index in [1.165, 1.54) is 21.9 Å². The maximum atomic E-state index is 13.8. The van der Waals surface area contributed by atoms with Crippen LogP contribution in [0.2, 0.25) is 0 Å². The van der Waals surface area contributed by atoms with E-state index >= 15 is 0 Å². The third-order valence-corrected chi connectivity index (χ3v) is 4.85. The van der Waals surface area contributed by atoms with Gasteiger partial charge in [0.2, 0.25) is 0 Å². The molecule has 1 heterocycles. The highest BCUT2D eigenvalue weighted by Gasteiger charge is 2.29. The van der Waals surface area contributed by atoms with E-state index in [2.05, 4.69) is 5.32 Å². The van der Waals surface area contributed by atoms with Crippen molar-refractivity contribution in [2.24, 2.45) is 0 Å². The summed E-state index contributed by atoms with van der Waals surface area (Å²) >= 11 is 0. The number of urea groups is 1. The molecule has 2 aromatic rings. The topological polar surface area (TPSA) is 91.3 Å². The predicted octanol–water partition coefficient (Wildman–Crippen LogP) is 3.74. The van der Waals surface area contributed by atoms with E-state index in [1.807, 2.05) is 6.07 Å². The van der Waals surface area contributed by atoms with Crippen LogP contribution in [0, 0.1) is 5.82 Å². The fourth-order valence-corrected chi connectivity index (χ4v) is 3.33. The Bertz CT molecular complexity index is 979. The van der Waals surface area contributed by atoms with Gasteiger partial charge in [0, 0.05) is 19.6 Å². The van der Waals surface area contributed by atoms with Gasteiger partial charge in [0.25, 0.3) is 0 Å². The molecule has 1 aliphatic heterocycles. The first kappa shape index (κ1) is 24.3. The van der Waals surface area contributed by atoms with Crippen molar-refractivity contribution in [1.29, 1.82) is 0 Å². The Hall–Kier alpha value is -3.33. The van der Waals surface area contributed by atoms with Crippen LogP contribution in [0.5, 0.6) is 11.5 Å². The molecule has 3 rings (SSSR count). The number of halogens is 1. The zero-order valence-corrected chi connectivity index (χ0v) is 19.1. The first-order valence-corrected chi connectivity index (χ1v) is 10.8. The third-order valence-electron chi connectivity index (χ3n) is 4.85. The molecular formula is C24H30FN3O5. The van der Waals surface area contributed by atoms with Crippen molar-refractivity contribution >= 4 is 12.1 Å². The van der Waals surface area contributed by atoms with Gasteiger partial charge in [0.15, 0.2) is 11.6 Å². The van der Waals surface area contributed by atoms with Gasteiger partial charge in [-0.05, 0) is 50.6 Å². The van der Waals surface area contributed by atoms with Crippen LogP contribution in [0.3, 0.4) is 0 Å². The monoisotopic (exact) mass is 459 g/mol. The van der Waals surface area contributed by atoms with Crippen LogP contribution in [0.4, 0.5) is 14.0 Å². The summed E-state index contributed by atoms with van der Waals surface area (Å²) in [4.78, 5) is 27.9. The van der Waals surface area contributed by atoms with Crippen LogP contribution in [0.1, 0.15) is 26.3 Å². The fraction of sp³-hybridized carbons (Fsp3) is 0.417. The molecule has 178 valence electrons. The SMILES string of the molecule is CC(C)(C)OC(=O)N1CCN(C(=O)NCc2cccc(Oc3ccccc3F)c2)CC(O)C1. The molecule has 0 saturated carbocycles. The van der Waals surface area contributed by atoms with Crippen LogP contribution in [-0.4, -0.2) is 64.9 Å². The van der Waals surface area contributed by atoms with Crippen LogP contribution in [0.15, 0.2) is 48.5 Å². The summed E-state index contributed by atoms with van der Waals surface area (Å²) in [7, 11) is 0. The summed E-state index contributed by atoms with van der Waals surface area (Å²) < 4.78 is 24.8. The summed E-state index contributed by atoms with van der Waals surface area (Å²) in [6, 6.07) is 12.8. The van der Waals surface area contributed by atoms with Gasteiger partial charge < -0.3 is 29.7 Å². The first-order valence-electron chi connectivity index (χ1n) is 10.8. The Kier molecular flexibility index (Phi) is 7.75. The lowest BCUT2D eigenvalue weighted by molar-refractivity contribution is 0.0186. The van der Waals surface area contributed by atoms with Gasteiger partial charge in [-0.15, -0.1) is 0 Å². The molecule has 9 heteroatoms. The van der Waals surface area contributed by atoms with E-state index in [0.29, 0.717) is 5.75 Å². The number of amides is 3. The number of nitrogens with one attached hydrogen (secondary N) is 1. The molecule has 0 bridgehead atoms. The number of nitrogens with zero attached hydrogens (tertiary/aromatic N) is 2. The fourth-order valence-electron chi connectivity index (χ4n) is 3.33. The van der Waals surface area contributed by atoms with E-state index in [1.54, 1.807) is 51.1 Å². The molecule has 1 fully saturated rings. The first-order chi connectivity index (χ1) is 15.6. The molecule has 33 heavy (non-hydrogen) atoms. The molecule has 0 radical (unpaired) electrons. The second-order valence-electron chi connectivity index (χ2n) is 8.86. The molecule has 2 aromatic carbocycles.